The summed E-state index contributed by atoms with van der Waals surface area (Å²) < 4.78 is 43.6. The first-order valence-corrected chi connectivity index (χ1v) is 4.87. The average molecular weight is 280 g/mol. The van der Waals surface area contributed by atoms with Crippen molar-refractivity contribution in [2.45, 2.75) is 6.18 Å². The lowest BCUT2D eigenvalue weighted by Crippen LogP contribution is -2.09. The molecule has 0 amide bonds. The van der Waals surface area contributed by atoms with Crippen LogP contribution in [0, 0.1) is 0 Å². The van der Waals surface area contributed by atoms with Gasteiger partial charge in [0.25, 0.3) is 0 Å². The Morgan fingerprint density at radius 3 is 2.61 bits per heavy atom. The Hall–Kier alpha value is -1.90. The number of rotatable bonds is 2. The Morgan fingerprint density at radius 1 is 1.33 bits per heavy atom. The average Bonchev–Trinajstić information content (AvgIpc) is 2.61. The summed E-state index contributed by atoms with van der Waals surface area (Å²) in [5.74, 6) is -0.381. The van der Waals surface area contributed by atoms with Gasteiger partial charge in [0, 0.05) is 13.1 Å². The number of aryl methyl sites for hydroxylation is 1. The molecule has 0 aliphatic heterocycles. The van der Waals surface area contributed by atoms with Crippen LogP contribution in [0.5, 0.6) is 11.9 Å². The zero-order valence-corrected chi connectivity index (χ0v) is 9.57. The second kappa shape index (κ2) is 4.41. The van der Waals surface area contributed by atoms with Gasteiger partial charge in [-0.3, -0.25) is 4.68 Å². The van der Waals surface area contributed by atoms with Crippen LogP contribution in [-0.2, 0) is 13.2 Å². The van der Waals surface area contributed by atoms with Crippen LogP contribution in [0.15, 0.2) is 12.4 Å². The second-order valence-electron chi connectivity index (χ2n) is 3.16. The summed E-state index contributed by atoms with van der Waals surface area (Å²) in [5, 5.41) is 3.15. The molecular formula is C8H5ClF3N5O. The zero-order chi connectivity index (χ0) is 13.3. The van der Waals surface area contributed by atoms with Crippen LogP contribution in [-0.4, -0.2) is 24.7 Å². The van der Waals surface area contributed by atoms with Gasteiger partial charge in [-0.2, -0.15) is 23.1 Å². The number of ether oxygens (including phenoxy) is 1. The Balaban J connectivity index is 2.31. The molecule has 0 saturated heterocycles. The normalized spacial score (nSPS) is 11.6. The van der Waals surface area contributed by atoms with Crippen LogP contribution in [0.25, 0.3) is 0 Å². The van der Waals surface area contributed by atoms with E-state index in [-0.39, 0.29) is 11.9 Å². The summed E-state index contributed by atoms with van der Waals surface area (Å²) in [6.07, 6.45) is -3.31. The van der Waals surface area contributed by atoms with Gasteiger partial charge in [-0.1, -0.05) is 0 Å². The van der Waals surface area contributed by atoms with Gasteiger partial charge >= 0.3 is 12.2 Å². The third kappa shape index (κ3) is 2.86. The molecule has 0 unspecified atom stereocenters. The number of hydrogen-bond acceptors (Lipinski definition) is 5. The maximum absolute atomic E-state index is 12.5. The van der Waals surface area contributed by atoms with E-state index in [1.54, 1.807) is 7.05 Å². The van der Waals surface area contributed by atoms with E-state index in [1.807, 2.05) is 0 Å². The quantitative estimate of drug-likeness (QED) is 0.787. The van der Waals surface area contributed by atoms with Crippen molar-refractivity contribution in [2.75, 3.05) is 0 Å². The molecule has 0 bridgehead atoms. The number of halogens is 4. The molecule has 0 N–H and O–H groups in total. The molecular weight excluding hydrogens is 275 g/mol. The summed E-state index contributed by atoms with van der Waals surface area (Å²) in [6, 6.07) is 0.475. The Morgan fingerprint density at radius 2 is 2.06 bits per heavy atom. The van der Waals surface area contributed by atoms with Crippen LogP contribution in [0.3, 0.4) is 0 Å². The van der Waals surface area contributed by atoms with Gasteiger partial charge in [0.15, 0.2) is 5.69 Å². The van der Waals surface area contributed by atoms with E-state index in [0.717, 1.165) is 0 Å². The molecule has 2 heterocycles. The van der Waals surface area contributed by atoms with Crippen molar-refractivity contribution < 1.29 is 17.9 Å². The molecule has 18 heavy (non-hydrogen) atoms. The molecule has 0 aliphatic carbocycles. The summed E-state index contributed by atoms with van der Waals surface area (Å²) in [6.45, 7) is 0. The number of nitrogens with zero attached hydrogens (tertiary/aromatic N) is 5. The van der Waals surface area contributed by atoms with Crippen molar-refractivity contribution in [3.63, 3.8) is 0 Å². The highest BCUT2D eigenvalue weighted by atomic mass is 35.5. The van der Waals surface area contributed by atoms with Crippen molar-refractivity contribution >= 4 is 11.6 Å². The van der Waals surface area contributed by atoms with E-state index in [9.17, 15) is 13.2 Å². The van der Waals surface area contributed by atoms with Gasteiger partial charge in [-0.15, -0.1) is 5.10 Å². The monoisotopic (exact) mass is 279 g/mol. The fraction of sp³-hybridized carbons (Fsp3) is 0.250. The molecule has 0 aliphatic rings. The fourth-order valence-corrected chi connectivity index (χ4v) is 1.23. The molecule has 0 radical (unpaired) electrons. The standard InChI is InChI=1S/C8H5ClF3N5O/c1-17-3-13-7(16-17)18-5-2-4(8(10,11)12)14-6(9)15-5/h2-3H,1H3. The van der Waals surface area contributed by atoms with Crippen LogP contribution in [0.2, 0.25) is 5.28 Å². The van der Waals surface area contributed by atoms with Gasteiger partial charge in [0.05, 0.1) is 0 Å². The van der Waals surface area contributed by atoms with E-state index in [4.69, 9.17) is 16.3 Å². The van der Waals surface area contributed by atoms with E-state index >= 15 is 0 Å². The topological polar surface area (TPSA) is 65.7 Å². The van der Waals surface area contributed by atoms with Gasteiger partial charge in [-0.05, 0) is 11.6 Å². The first-order valence-electron chi connectivity index (χ1n) is 4.50. The van der Waals surface area contributed by atoms with E-state index in [2.05, 4.69) is 20.1 Å². The van der Waals surface area contributed by atoms with Gasteiger partial charge in [0.1, 0.15) is 6.33 Å². The molecule has 0 saturated carbocycles. The highest BCUT2D eigenvalue weighted by Gasteiger charge is 2.34. The highest BCUT2D eigenvalue weighted by molar-refractivity contribution is 6.28. The molecule has 0 fully saturated rings. The van der Waals surface area contributed by atoms with Crippen LogP contribution in [0.1, 0.15) is 5.69 Å². The zero-order valence-electron chi connectivity index (χ0n) is 8.81. The SMILES string of the molecule is Cn1cnc(Oc2cc(C(F)(F)F)nc(Cl)n2)n1. The van der Waals surface area contributed by atoms with Crippen molar-refractivity contribution in [3.8, 4) is 11.9 Å². The van der Waals surface area contributed by atoms with E-state index in [0.29, 0.717) is 6.07 Å². The minimum atomic E-state index is -4.64. The molecule has 96 valence electrons. The summed E-state index contributed by atoms with van der Waals surface area (Å²) in [5.41, 5.74) is -1.20. The summed E-state index contributed by atoms with van der Waals surface area (Å²) >= 11 is 5.38. The lowest BCUT2D eigenvalue weighted by molar-refractivity contribution is -0.141. The molecule has 0 spiro atoms. The van der Waals surface area contributed by atoms with Crippen LogP contribution in [0.4, 0.5) is 13.2 Å². The predicted molar refractivity (Wildman–Crippen MR) is 53.1 cm³/mol. The minimum Gasteiger partial charge on any atom is -0.404 e. The van der Waals surface area contributed by atoms with Crippen molar-refractivity contribution in [1.82, 2.24) is 24.7 Å². The minimum absolute atomic E-state index is 0.139. The largest absolute Gasteiger partial charge is 0.433 e. The van der Waals surface area contributed by atoms with E-state index in [1.165, 1.54) is 11.0 Å². The molecule has 0 atom stereocenters. The molecule has 2 rings (SSSR count). The Kier molecular flexibility index (Phi) is 3.07. The lowest BCUT2D eigenvalue weighted by atomic mass is 10.4. The first kappa shape index (κ1) is 12.6. The predicted octanol–water partition coefficient (Wildman–Crippen LogP) is 2.07. The van der Waals surface area contributed by atoms with Crippen LogP contribution >= 0.6 is 11.6 Å². The first-order chi connectivity index (χ1) is 8.34. The number of aromatic nitrogens is 5. The van der Waals surface area contributed by atoms with Gasteiger partial charge in [-0.25, -0.2) is 4.98 Å². The van der Waals surface area contributed by atoms with Crippen LogP contribution < -0.4 is 4.74 Å². The molecule has 0 aromatic carbocycles. The summed E-state index contributed by atoms with van der Waals surface area (Å²) in [4.78, 5) is 10.2. The number of alkyl halides is 3. The molecule has 2 aromatic heterocycles. The second-order valence-corrected chi connectivity index (χ2v) is 3.50. The van der Waals surface area contributed by atoms with Crippen molar-refractivity contribution in [2.24, 2.45) is 7.05 Å². The van der Waals surface area contributed by atoms with Crippen molar-refractivity contribution in [3.05, 3.63) is 23.4 Å². The molecule has 6 nitrogen and oxygen atoms in total. The molecule has 2 aromatic rings. The van der Waals surface area contributed by atoms with Crippen molar-refractivity contribution in [1.29, 1.82) is 0 Å². The maximum atomic E-state index is 12.5. The fourth-order valence-electron chi connectivity index (χ4n) is 1.05. The third-order valence-electron chi connectivity index (χ3n) is 1.74. The Labute approximate surface area is 103 Å². The number of hydrogen-bond donors (Lipinski definition) is 0. The van der Waals surface area contributed by atoms with E-state index < -0.39 is 17.2 Å². The smallest absolute Gasteiger partial charge is 0.404 e. The maximum Gasteiger partial charge on any atom is 0.433 e. The third-order valence-corrected chi connectivity index (χ3v) is 1.91. The van der Waals surface area contributed by atoms with Gasteiger partial charge in [0.2, 0.25) is 11.2 Å². The highest BCUT2D eigenvalue weighted by Crippen LogP contribution is 2.30. The Bertz CT molecular complexity index is 570. The van der Waals surface area contributed by atoms with Gasteiger partial charge < -0.3 is 4.74 Å². The summed E-state index contributed by atoms with van der Waals surface area (Å²) in [7, 11) is 1.58. The lowest BCUT2D eigenvalue weighted by Gasteiger charge is -2.07. The molecule has 10 heteroatoms.